The average Bonchev–Trinajstić information content (AvgIpc) is 2.89. The van der Waals surface area contributed by atoms with E-state index in [-0.39, 0.29) is 0 Å². The number of para-hydroxylation sites is 1. The van der Waals surface area contributed by atoms with Crippen LogP contribution in [0.4, 0.5) is 11.5 Å². The Balaban J connectivity index is 2.15. The van der Waals surface area contributed by atoms with E-state index in [9.17, 15) is 0 Å². The van der Waals surface area contributed by atoms with Gasteiger partial charge in [0.1, 0.15) is 5.65 Å². The second-order valence-electron chi connectivity index (χ2n) is 4.93. The molecule has 0 aliphatic heterocycles. The van der Waals surface area contributed by atoms with E-state index in [2.05, 4.69) is 46.7 Å². The first-order chi connectivity index (χ1) is 10.3. The highest BCUT2D eigenvalue weighted by atomic mass is 15.2. The van der Waals surface area contributed by atoms with Crippen molar-refractivity contribution in [3.05, 3.63) is 60.4 Å². The first kappa shape index (κ1) is 13.6. The number of anilines is 2. The van der Waals surface area contributed by atoms with Crippen molar-refractivity contribution in [2.24, 2.45) is 5.73 Å². The Hall–Kier alpha value is -2.33. The van der Waals surface area contributed by atoms with Crippen molar-refractivity contribution >= 4 is 17.2 Å². The lowest BCUT2D eigenvalue weighted by Crippen LogP contribution is -2.19. The van der Waals surface area contributed by atoms with Crippen molar-refractivity contribution in [1.82, 2.24) is 9.38 Å². The second kappa shape index (κ2) is 5.97. The molecule has 0 aliphatic rings. The van der Waals surface area contributed by atoms with Crippen LogP contribution in [-0.4, -0.2) is 22.5 Å². The molecule has 2 aromatic heterocycles. The van der Waals surface area contributed by atoms with E-state index < -0.39 is 0 Å². The van der Waals surface area contributed by atoms with E-state index in [4.69, 9.17) is 10.7 Å². The molecule has 0 saturated carbocycles. The molecule has 0 atom stereocenters. The van der Waals surface area contributed by atoms with Crippen molar-refractivity contribution in [3.63, 3.8) is 0 Å². The molecular formula is C17H20N4. The summed E-state index contributed by atoms with van der Waals surface area (Å²) in [6, 6.07) is 16.4. The third-order valence-corrected chi connectivity index (χ3v) is 3.63. The van der Waals surface area contributed by atoms with Crippen molar-refractivity contribution in [2.75, 3.05) is 18.0 Å². The maximum atomic E-state index is 5.80. The Morgan fingerprint density at radius 2 is 1.86 bits per heavy atom. The molecule has 4 heteroatoms. The summed E-state index contributed by atoms with van der Waals surface area (Å²) in [5.74, 6) is 1.00. The number of hydrogen-bond donors (Lipinski definition) is 1. The molecule has 2 heterocycles. The normalized spacial score (nSPS) is 11.0. The Kier molecular flexibility index (Phi) is 3.88. The van der Waals surface area contributed by atoms with E-state index in [1.54, 1.807) is 0 Å². The monoisotopic (exact) mass is 280 g/mol. The molecule has 3 rings (SSSR count). The Morgan fingerprint density at radius 3 is 2.57 bits per heavy atom. The van der Waals surface area contributed by atoms with Gasteiger partial charge < -0.3 is 15.0 Å². The van der Waals surface area contributed by atoms with Crippen LogP contribution in [0, 0.1) is 0 Å². The van der Waals surface area contributed by atoms with Gasteiger partial charge in [0.2, 0.25) is 0 Å². The van der Waals surface area contributed by atoms with E-state index in [1.807, 2.05) is 24.3 Å². The third kappa shape index (κ3) is 2.50. The van der Waals surface area contributed by atoms with Gasteiger partial charge in [0.25, 0.3) is 0 Å². The Labute approximate surface area is 124 Å². The van der Waals surface area contributed by atoms with Gasteiger partial charge in [0, 0.05) is 24.8 Å². The van der Waals surface area contributed by atoms with Crippen LogP contribution in [0.25, 0.3) is 5.65 Å². The van der Waals surface area contributed by atoms with Gasteiger partial charge in [0.05, 0.1) is 5.69 Å². The van der Waals surface area contributed by atoms with Crippen LogP contribution in [0.5, 0.6) is 0 Å². The Morgan fingerprint density at radius 1 is 1.10 bits per heavy atom. The molecule has 0 fully saturated rings. The van der Waals surface area contributed by atoms with E-state index in [0.717, 1.165) is 30.1 Å². The Bertz CT molecular complexity index is 718. The summed E-state index contributed by atoms with van der Waals surface area (Å²) in [5.41, 5.74) is 9.08. The molecule has 0 radical (unpaired) electrons. The number of nitrogens with two attached hydrogens (primary N) is 1. The van der Waals surface area contributed by atoms with Crippen LogP contribution in [0.2, 0.25) is 0 Å². The molecular weight excluding hydrogens is 260 g/mol. The molecule has 3 aromatic rings. The zero-order valence-corrected chi connectivity index (χ0v) is 12.2. The molecule has 0 saturated heterocycles. The molecule has 0 unspecified atom stereocenters. The zero-order valence-electron chi connectivity index (χ0n) is 12.2. The number of imidazole rings is 1. The van der Waals surface area contributed by atoms with E-state index in [0.29, 0.717) is 6.54 Å². The number of rotatable bonds is 5. The molecule has 21 heavy (non-hydrogen) atoms. The van der Waals surface area contributed by atoms with Crippen molar-refractivity contribution in [2.45, 2.75) is 13.3 Å². The van der Waals surface area contributed by atoms with Crippen LogP contribution in [0.1, 0.15) is 12.6 Å². The van der Waals surface area contributed by atoms with Gasteiger partial charge in [-0.25, -0.2) is 4.98 Å². The largest absolute Gasteiger partial charge is 0.330 e. The third-order valence-electron chi connectivity index (χ3n) is 3.63. The van der Waals surface area contributed by atoms with Crippen LogP contribution < -0.4 is 10.6 Å². The number of aromatic nitrogens is 2. The van der Waals surface area contributed by atoms with Gasteiger partial charge in [-0.1, -0.05) is 24.3 Å². The van der Waals surface area contributed by atoms with Crippen molar-refractivity contribution < 1.29 is 0 Å². The molecule has 108 valence electrons. The zero-order chi connectivity index (χ0) is 14.7. The summed E-state index contributed by atoms with van der Waals surface area (Å²) >= 11 is 0. The number of fused-ring (bicyclic) bond motifs is 1. The summed E-state index contributed by atoms with van der Waals surface area (Å²) in [5, 5.41) is 0. The van der Waals surface area contributed by atoms with Gasteiger partial charge in [-0.15, -0.1) is 0 Å². The van der Waals surface area contributed by atoms with Crippen LogP contribution in [0.3, 0.4) is 0 Å². The van der Waals surface area contributed by atoms with E-state index >= 15 is 0 Å². The van der Waals surface area contributed by atoms with Crippen molar-refractivity contribution in [1.29, 1.82) is 0 Å². The van der Waals surface area contributed by atoms with Crippen LogP contribution in [-0.2, 0) is 6.42 Å². The number of pyridine rings is 1. The molecule has 0 spiro atoms. The minimum atomic E-state index is 0.613. The summed E-state index contributed by atoms with van der Waals surface area (Å²) in [6.07, 6.45) is 2.86. The maximum Gasteiger partial charge on any atom is 0.155 e. The van der Waals surface area contributed by atoms with E-state index in [1.165, 1.54) is 5.69 Å². The molecule has 0 amide bonds. The summed E-state index contributed by atoms with van der Waals surface area (Å²) in [7, 11) is 0. The quantitative estimate of drug-likeness (QED) is 0.781. The van der Waals surface area contributed by atoms with Crippen LogP contribution >= 0.6 is 0 Å². The highest BCUT2D eigenvalue weighted by molar-refractivity contribution is 5.65. The topological polar surface area (TPSA) is 46.6 Å². The van der Waals surface area contributed by atoms with Gasteiger partial charge in [0.15, 0.2) is 5.82 Å². The van der Waals surface area contributed by atoms with Gasteiger partial charge in [-0.05, 0) is 37.7 Å². The summed E-state index contributed by atoms with van der Waals surface area (Å²) in [6.45, 7) is 3.62. The molecule has 1 aromatic carbocycles. The number of nitrogens with zero attached hydrogens (tertiary/aromatic N) is 3. The fourth-order valence-electron chi connectivity index (χ4n) is 2.68. The SMILES string of the molecule is CCN(c1ccccc1)c1nc2ccccn2c1CCN. The number of hydrogen-bond acceptors (Lipinski definition) is 3. The first-order valence-corrected chi connectivity index (χ1v) is 7.33. The summed E-state index contributed by atoms with van der Waals surface area (Å²) in [4.78, 5) is 7.05. The predicted molar refractivity (Wildman–Crippen MR) is 87.1 cm³/mol. The lowest BCUT2D eigenvalue weighted by Gasteiger charge is -2.22. The standard InChI is InChI=1S/C17H20N4/c1-2-20(14-8-4-3-5-9-14)17-15(11-12-18)21-13-7-6-10-16(21)19-17/h3-10,13H,2,11-12,18H2,1H3. The molecule has 0 bridgehead atoms. The first-order valence-electron chi connectivity index (χ1n) is 7.33. The predicted octanol–water partition coefficient (Wildman–Crippen LogP) is 2.99. The fourth-order valence-corrected chi connectivity index (χ4v) is 2.68. The smallest absolute Gasteiger partial charge is 0.155 e. The second-order valence-corrected chi connectivity index (χ2v) is 4.93. The van der Waals surface area contributed by atoms with Gasteiger partial charge >= 0.3 is 0 Å². The molecule has 0 aliphatic carbocycles. The highest BCUT2D eigenvalue weighted by Gasteiger charge is 2.17. The summed E-state index contributed by atoms with van der Waals surface area (Å²) < 4.78 is 2.13. The molecule has 4 nitrogen and oxygen atoms in total. The maximum absolute atomic E-state index is 5.80. The average molecular weight is 280 g/mol. The van der Waals surface area contributed by atoms with Gasteiger partial charge in [-0.2, -0.15) is 0 Å². The molecule has 2 N–H and O–H groups in total. The highest BCUT2D eigenvalue weighted by Crippen LogP contribution is 2.28. The number of benzene rings is 1. The minimum absolute atomic E-state index is 0.613. The lowest BCUT2D eigenvalue weighted by atomic mass is 10.2. The van der Waals surface area contributed by atoms with Crippen molar-refractivity contribution in [3.8, 4) is 0 Å². The lowest BCUT2D eigenvalue weighted by molar-refractivity contribution is 0.887. The minimum Gasteiger partial charge on any atom is -0.330 e. The van der Waals surface area contributed by atoms with Gasteiger partial charge in [-0.3, -0.25) is 0 Å². The van der Waals surface area contributed by atoms with Crippen LogP contribution in [0.15, 0.2) is 54.7 Å². The fraction of sp³-hybridized carbons (Fsp3) is 0.235.